The van der Waals surface area contributed by atoms with Crippen molar-refractivity contribution in [2.24, 2.45) is 28.6 Å². The molecule has 4 aliphatic rings. The lowest BCUT2D eigenvalue weighted by atomic mass is 9.48. The highest BCUT2D eigenvalue weighted by Gasteiger charge is 2.60. The lowest BCUT2D eigenvalue weighted by Crippen LogP contribution is -2.49. The number of terminal acetylenes is 1. The van der Waals surface area contributed by atoms with Gasteiger partial charge in [-0.3, -0.25) is 0 Å². The molecule has 0 aromatic heterocycles. The van der Waals surface area contributed by atoms with Crippen molar-refractivity contribution in [1.29, 1.82) is 0 Å². The van der Waals surface area contributed by atoms with Crippen LogP contribution in [-0.4, -0.2) is 21.9 Å². The lowest BCUT2D eigenvalue weighted by Gasteiger charge is -2.57. The molecular formula is C21H30O2. The third-order valence-corrected chi connectivity index (χ3v) is 8.12. The van der Waals surface area contributed by atoms with Crippen LogP contribution >= 0.6 is 0 Å². The van der Waals surface area contributed by atoms with E-state index in [0.29, 0.717) is 17.8 Å². The van der Waals surface area contributed by atoms with Crippen molar-refractivity contribution in [2.75, 3.05) is 0 Å². The van der Waals surface area contributed by atoms with E-state index < -0.39 is 5.60 Å². The third-order valence-electron chi connectivity index (χ3n) is 8.12. The van der Waals surface area contributed by atoms with Crippen molar-refractivity contribution in [3.63, 3.8) is 0 Å². The van der Waals surface area contributed by atoms with E-state index >= 15 is 0 Å². The first kappa shape index (κ1) is 15.7. The van der Waals surface area contributed by atoms with Gasteiger partial charge in [0, 0.05) is 0 Å². The Bertz CT molecular complexity index is 587. The minimum atomic E-state index is -0.887. The van der Waals surface area contributed by atoms with Crippen LogP contribution in [0.25, 0.3) is 0 Å². The highest BCUT2D eigenvalue weighted by atomic mass is 16.3. The van der Waals surface area contributed by atoms with Gasteiger partial charge in [0.2, 0.25) is 0 Å². The van der Waals surface area contributed by atoms with Crippen LogP contribution < -0.4 is 0 Å². The summed E-state index contributed by atoms with van der Waals surface area (Å²) < 4.78 is 0. The van der Waals surface area contributed by atoms with Crippen molar-refractivity contribution >= 4 is 0 Å². The Morgan fingerprint density at radius 3 is 2.74 bits per heavy atom. The molecule has 7 atom stereocenters. The second kappa shape index (κ2) is 4.87. The Morgan fingerprint density at radius 1 is 1.22 bits per heavy atom. The Hall–Kier alpha value is -0.780. The lowest BCUT2D eigenvalue weighted by molar-refractivity contribution is -0.0360. The van der Waals surface area contributed by atoms with Gasteiger partial charge in [-0.15, -0.1) is 6.42 Å². The molecule has 2 heteroatoms. The van der Waals surface area contributed by atoms with Gasteiger partial charge in [-0.05, 0) is 80.0 Å². The van der Waals surface area contributed by atoms with Gasteiger partial charge in [-0.1, -0.05) is 31.4 Å². The van der Waals surface area contributed by atoms with E-state index in [0.717, 1.165) is 38.5 Å². The van der Waals surface area contributed by atoms with E-state index in [1.165, 1.54) is 18.4 Å². The van der Waals surface area contributed by atoms with Crippen molar-refractivity contribution in [3.8, 4) is 12.3 Å². The third kappa shape index (κ3) is 2.16. The number of hydrogen-bond acceptors (Lipinski definition) is 2. The molecule has 0 radical (unpaired) electrons. The molecular weight excluding hydrogens is 284 g/mol. The maximum atomic E-state index is 10.7. The van der Waals surface area contributed by atoms with Crippen LogP contribution in [0.3, 0.4) is 0 Å². The van der Waals surface area contributed by atoms with Crippen molar-refractivity contribution in [3.05, 3.63) is 11.6 Å². The summed E-state index contributed by atoms with van der Waals surface area (Å²) in [5.41, 5.74) is 1.09. The predicted octanol–water partition coefficient (Wildman–Crippen LogP) is 3.67. The molecule has 0 spiro atoms. The zero-order valence-corrected chi connectivity index (χ0v) is 14.5. The quantitative estimate of drug-likeness (QED) is 0.529. The Kier molecular flexibility index (Phi) is 3.33. The molecule has 0 amide bonds. The van der Waals surface area contributed by atoms with E-state index in [1.54, 1.807) is 0 Å². The smallest absolute Gasteiger partial charge is 0.126 e. The molecule has 0 aliphatic heterocycles. The van der Waals surface area contributed by atoms with Gasteiger partial charge in [0.15, 0.2) is 0 Å². The van der Waals surface area contributed by atoms with Crippen LogP contribution in [0.2, 0.25) is 0 Å². The summed E-state index contributed by atoms with van der Waals surface area (Å²) in [6, 6.07) is 0. The van der Waals surface area contributed by atoms with Gasteiger partial charge < -0.3 is 10.2 Å². The minimum absolute atomic E-state index is 0.141. The Labute approximate surface area is 140 Å². The van der Waals surface area contributed by atoms with Crippen LogP contribution in [0.4, 0.5) is 0 Å². The number of hydrogen-bond donors (Lipinski definition) is 2. The molecule has 4 rings (SSSR count). The van der Waals surface area contributed by atoms with Gasteiger partial charge >= 0.3 is 0 Å². The summed E-state index contributed by atoms with van der Waals surface area (Å²) >= 11 is 0. The molecule has 126 valence electrons. The number of allylic oxidation sites excluding steroid dienone is 1. The van der Waals surface area contributed by atoms with Crippen LogP contribution in [0.1, 0.15) is 65.2 Å². The summed E-state index contributed by atoms with van der Waals surface area (Å²) in [5, 5.41) is 20.8. The fourth-order valence-electron chi connectivity index (χ4n) is 6.87. The molecule has 0 bridgehead atoms. The van der Waals surface area contributed by atoms with Gasteiger partial charge in [0.1, 0.15) is 5.60 Å². The highest BCUT2D eigenvalue weighted by molar-refractivity contribution is 5.27. The Balaban J connectivity index is 1.68. The Morgan fingerprint density at radius 2 is 2.00 bits per heavy atom. The van der Waals surface area contributed by atoms with E-state index in [2.05, 4.69) is 25.8 Å². The van der Waals surface area contributed by atoms with Crippen molar-refractivity contribution < 1.29 is 10.2 Å². The summed E-state index contributed by atoms with van der Waals surface area (Å²) in [6.07, 6.45) is 16.0. The maximum absolute atomic E-state index is 10.7. The largest absolute Gasteiger partial charge is 0.393 e. The first-order chi connectivity index (χ1) is 10.8. The van der Waals surface area contributed by atoms with Gasteiger partial charge in [-0.25, -0.2) is 0 Å². The molecule has 0 saturated heterocycles. The molecule has 2 N–H and O–H groups in total. The van der Waals surface area contributed by atoms with Gasteiger partial charge in [0.25, 0.3) is 0 Å². The monoisotopic (exact) mass is 314 g/mol. The van der Waals surface area contributed by atoms with E-state index in [4.69, 9.17) is 6.42 Å². The molecule has 23 heavy (non-hydrogen) atoms. The first-order valence-electron chi connectivity index (χ1n) is 9.37. The molecule has 3 saturated carbocycles. The minimum Gasteiger partial charge on any atom is -0.393 e. The average Bonchev–Trinajstić information content (AvgIpc) is 2.79. The van der Waals surface area contributed by atoms with Crippen molar-refractivity contribution in [2.45, 2.75) is 76.9 Å². The fraction of sp³-hybridized carbons (Fsp3) is 0.810. The summed E-state index contributed by atoms with van der Waals surface area (Å²) in [7, 11) is 0. The predicted molar refractivity (Wildman–Crippen MR) is 91.5 cm³/mol. The second-order valence-electron chi connectivity index (χ2n) is 9.41. The van der Waals surface area contributed by atoms with E-state index in [9.17, 15) is 10.2 Å². The highest BCUT2D eigenvalue weighted by Crippen LogP contribution is 2.66. The fourth-order valence-corrected chi connectivity index (χ4v) is 6.87. The number of rotatable bonds is 0. The first-order valence-corrected chi connectivity index (χ1v) is 9.37. The van der Waals surface area contributed by atoms with Gasteiger partial charge in [-0.2, -0.15) is 0 Å². The number of aliphatic hydroxyl groups is 2. The topological polar surface area (TPSA) is 40.5 Å². The standard InChI is InChI=1S/C21H30O2/c1-4-21(23)12-18-16-6-5-14-11-15(22)7-10-20(14,3)17(16)8-9-19(18,2)13-21/h1,5,15-18,22-23H,6-13H2,2-3H3/t15-,16-,17-,18-,19-,20-,21+/m0/s1. The van der Waals surface area contributed by atoms with Crippen molar-refractivity contribution in [1.82, 2.24) is 0 Å². The number of aliphatic hydroxyl groups excluding tert-OH is 1. The van der Waals surface area contributed by atoms with Crippen LogP contribution in [0.5, 0.6) is 0 Å². The molecule has 0 aromatic rings. The number of fused-ring (bicyclic) bond motifs is 5. The molecule has 0 unspecified atom stereocenters. The molecule has 0 heterocycles. The van der Waals surface area contributed by atoms with E-state index in [-0.39, 0.29) is 16.9 Å². The van der Waals surface area contributed by atoms with Crippen LogP contribution in [0.15, 0.2) is 11.6 Å². The SMILES string of the molecule is C#C[C@@]1(O)C[C@H]2[C@H]3CC=C4C[C@@H](O)CC[C@]4(C)[C@H]3CC[C@@]2(C)C1. The average molecular weight is 314 g/mol. The summed E-state index contributed by atoms with van der Waals surface area (Å²) in [4.78, 5) is 0. The molecule has 3 fully saturated rings. The molecule has 4 aliphatic carbocycles. The molecule has 2 nitrogen and oxygen atoms in total. The van der Waals surface area contributed by atoms with E-state index in [1.807, 2.05) is 0 Å². The normalized spacial score (nSPS) is 55.2. The zero-order chi connectivity index (χ0) is 16.5. The van der Waals surface area contributed by atoms with Crippen LogP contribution in [0, 0.1) is 40.9 Å². The summed E-state index contributed by atoms with van der Waals surface area (Å²) in [5.74, 6) is 4.60. The zero-order valence-electron chi connectivity index (χ0n) is 14.5. The summed E-state index contributed by atoms with van der Waals surface area (Å²) in [6.45, 7) is 4.79. The van der Waals surface area contributed by atoms with Gasteiger partial charge in [0.05, 0.1) is 6.10 Å². The maximum Gasteiger partial charge on any atom is 0.126 e. The molecule has 0 aromatic carbocycles. The second-order valence-corrected chi connectivity index (χ2v) is 9.41. The van der Waals surface area contributed by atoms with Crippen LogP contribution in [-0.2, 0) is 0 Å².